The van der Waals surface area contributed by atoms with E-state index in [1.165, 1.54) is 4.68 Å². The third-order valence-corrected chi connectivity index (χ3v) is 3.33. The van der Waals surface area contributed by atoms with Crippen molar-refractivity contribution in [3.05, 3.63) is 59.8 Å². The maximum absolute atomic E-state index is 12.3. The minimum atomic E-state index is -0.255. The lowest BCUT2D eigenvalue weighted by Gasteiger charge is -2.06. The highest BCUT2D eigenvalue weighted by molar-refractivity contribution is 5.97. The summed E-state index contributed by atoms with van der Waals surface area (Å²) >= 11 is 0. The Bertz CT molecular complexity index is 772. The molecule has 0 fully saturated rings. The zero-order valence-electron chi connectivity index (χ0n) is 11.4. The lowest BCUT2D eigenvalue weighted by molar-refractivity contribution is 0.252. The number of aromatic nitrogens is 2. The van der Waals surface area contributed by atoms with Crippen LogP contribution in [0.3, 0.4) is 0 Å². The molecule has 3 rings (SSSR count). The SMILES string of the molecule is Cc1ccc(NC(=O)n2ncc3c(C)cccc32)cc1. The first kappa shape index (κ1) is 12.4. The molecule has 0 saturated heterocycles. The molecule has 0 saturated carbocycles. The second-order valence-electron chi connectivity index (χ2n) is 4.86. The molecule has 0 bridgehead atoms. The zero-order chi connectivity index (χ0) is 14.1. The molecule has 4 heteroatoms. The van der Waals surface area contributed by atoms with Crippen LogP contribution in [0.5, 0.6) is 0 Å². The number of carbonyl (C=O) groups excluding carboxylic acids is 1. The van der Waals surface area contributed by atoms with Gasteiger partial charge < -0.3 is 5.32 Å². The van der Waals surface area contributed by atoms with Gasteiger partial charge in [0.25, 0.3) is 0 Å². The number of amides is 1. The Morgan fingerprint density at radius 2 is 1.85 bits per heavy atom. The Hall–Kier alpha value is -2.62. The molecule has 0 spiro atoms. The fourth-order valence-electron chi connectivity index (χ4n) is 2.17. The van der Waals surface area contributed by atoms with Crippen molar-refractivity contribution in [3.63, 3.8) is 0 Å². The van der Waals surface area contributed by atoms with E-state index in [1.54, 1.807) is 6.20 Å². The van der Waals surface area contributed by atoms with Crippen LogP contribution in [0.15, 0.2) is 48.7 Å². The van der Waals surface area contributed by atoms with Crippen LogP contribution in [0, 0.1) is 13.8 Å². The van der Waals surface area contributed by atoms with Crippen LogP contribution in [0.25, 0.3) is 10.9 Å². The van der Waals surface area contributed by atoms with E-state index in [1.807, 2.05) is 56.3 Å². The molecule has 0 unspecified atom stereocenters. The van der Waals surface area contributed by atoms with Gasteiger partial charge in [-0.1, -0.05) is 29.8 Å². The Balaban J connectivity index is 1.93. The third kappa shape index (κ3) is 2.16. The molecule has 0 aliphatic carbocycles. The number of carbonyl (C=O) groups is 1. The maximum atomic E-state index is 12.3. The number of benzene rings is 2. The van der Waals surface area contributed by atoms with Crippen molar-refractivity contribution < 1.29 is 4.79 Å². The summed E-state index contributed by atoms with van der Waals surface area (Å²) in [5.74, 6) is 0. The standard InChI is InChI=1S/C16H15N3O/c1-11-6-8-13(9-7-11)18-16(20)19-15-5-3-4-12(2)14(15)10-17-19/h3-10H,1-2H3,(H,18,20). The highest BCUT2D eigenvalue weighted by Gasteiger charge is 2.11. The van der Waals surface area contributed by atoms with E-state index in [0.29, 0.717) is 0 Å². The second-order valence-corrected chi connectivity index (χ2v) is 4.86. The molecule has 1 aromatic heterocycles. The summed E-state index contributed by atoms with van der Waals surface area (Å²) in [7, 11) is 0. The van der Waals surface area contributed by atoms with Gasteiger partial charge in [-0.25, -0.2) is 4.79 Å². The summed E-state index contributed by atoms with van der Waals surface area (Å²) in [5, 5.41) is 8.01. The van der Waals surface area contributed by atoms with Gasteiger partial charge in [-0.05, 0) is 37.6 Å². The molecule has 0 radical (unpaired) electrons. The number of anilines is 1. The first-order chi connectivity index (χ1) is 9.65. The Labute approximate surface area is 117 Å². The van der Waals surface area contributed by atoms with E-state index in [4.69, 9.17) is 0 Å². The predicted octanol–water partition coefficient (Wildman–Crippen LogP) is 3.73. The number of nitrogens with one attached hydrogen (secondary N) is 1. The van der Waals surface area contributed by atoms with Crippen molar-refractivity contribution >= 4 is 22.6 Å². The van der Waals surface area contributed by atoms with Crippen LogP contribution < -0.4 is 5.32 Å². The number of nitrogens with zero attached hydrogens (tertiary/aromatic N) is 2. The summed E-state index contributed by atoms with van der Waals surface area (Å²) in [6, 6.07) is 13.2. The van der Waals surface area contributed by atoms with Crippen molar-refractivity contribution in [2.45, 2.75) is 13.8 Å². The first-order valence-corrected chi connectivity index (χ1v) is 6.46. The van der Waals surface area contributed by atoms with Crippen molar-refractivity contribution in [1.29, 1.82) is 0 Å². The molecular formula is C16H15N3O. The molecule has 1 heterocycles. The monoisotopic (exact) mass is 265 g/mol. The average molecular weight is 265 g/mol. The van der Waals surface area contributed by atoms with E-state index in [0.717, 1.165) is 27.7 Å². The third-order valence-electron chi connectivity index (χ3n) is 3.33. The van der Waals surface area contributed by atoms with Crippen molar-refractivity contribution in [2.75, 3.05) is 5.32 Å². The highest BCUT2D eigenvalue weighted by Crippen LogP contribution is 2.18. The number of hydrogen-bond donors (Lipinski definition) is 1. The molecule has 1 N–H and O–H groups in total. The molecule has 3 aromatic rings. The molecule has 100 valence electrons. The normalized spacial score (nSPS) is 10.7. The van der Waals surface area contributed by atoms with E-state index >= 15 is 0 Å². The smallest absolute Gasteiger partial charge is 0.306 e. The van der Waals surface area contributed by atoms with Crippen LogP contribution >= 0.6 is 0 Å². The van der Waals surface area contributed by atoms with Gasteiger partial charge in [0.2, 0.25) is 0 Å². The molecule has 2 aromatic carbocycles. The molecular weight excluding hydrogens is 250 g/mol. The Morgan fingerprint density at radius 3 is 2.60 bits per heavy atom. The van der Waals surface area contributed by atoms with Crippen molar-refractivity contribution in [1.82, 2.24) is 9.78 Å². The van der Waals surface area contributed by atoms with Crippen LogP contribution in [-0.2, 0) is 0 Å². The molecule has 0 aliphatic heterocycles. The second kappa shape index (κ2) is 4.81. The van der Waals surface area contributed by atoms with Crippen LogP contribution in [-0.4, -0.2) is 15.8 Å². The fraction of sp³-hybridized carbons (Fsp3) is 0.125. The van der Waals surface area contributed by atoms with E-state index in [2.05, 4.69) is 10.4 Å². The van der Waals surface area contributed by atoms with Gasteiger partial charge in [-0.3, -0.25) is 0 Å². The first-order valence-electron chi connectivity index (χ1n) is 6.46. The van der Waals surface area contributed by atoms with E-state index < -0.39 is 0 Å². The summed E-state index contributed by atoms with van der Waals surface area (Å²) in [6.07, 6.45) is 1.72. The molecule has 20 heavy (non-hydrogen) atoms. The van der Waals surface area contributed by atoms with Crippen LogP contribution in [0.1, 0.15) is 11.1 Å². The van der Waals surface area contributed by atoms with Gasteiger partial charge in [0.05, 0.1) is 11.7 Å². The summed E-state index contributed by atoms with van der Waals surface area (Å²) in [5.41, 5.74) is 3.84. The van der Waals surface area contributed by atoms with E-state index in [9.17, 15) is 4.79 Å². The van der Waals surface area contributed by atoms with E-state index in [-0.39, 0.29) is 6.03 Å². The summed E-state index contributed by atoms with van der Waals surface area (Å²) in [4.78, 5) is 12.3. The largest absolute Gasteiger partial charge is 0.347 e. The van der Waals surface area contributed by atoms with Gasteiger partial charge in [0.15, 0.2) is 0 Å². The maximum Gasteiger partial charge on any atom is 0.347 e. The molecule has 0 atom stereocenters. The molecule has 0 aliphatic rings. The van der Waals surface area contributed by atoms with Crippen LogP contribution in [0.4, 0.5) is 10.5 Å². The van der Waals surface area contributed by atoms with Crippen LogP contribution in [0.2, 0.25) is 0 Å². The summed E-state index contributed by atoms with van der Waals surface area (Å²) < 4.78 is 1.39. The topological polar surface area (TPSA) is 46.9 Å². The fourth-order valence-corrected chi connectivity index (χ4v) is 2.17. The zero-order valence-corrected chi connectivity index (χ0v) is 11.4. The lowest BCUT2D eigenvalue weighted by Crippen LogP contribution is -2.20. The van der Waals surface area contributed by atoms with Crippen molar-refractivity contribution in [2.24, 2.45) is 0 Å². The molecule has 1 amide bonds. The number of rotatable bonds is 1. The lowest BCUT2D eigenvalue weighted by atomic mass is 10.1. The Morgan fingerprint density at radius 1 is 1.10 bits per heavy atom. The van der Waals surface area contributed by atoms with Gasteiger partial charge in [0, 0.05) is 11.1 Å². The van der Waals surface area contributed by atoms with Gasteiger partial charge in [-0.15, -0.1) is 0 Å². The van der Waals surface area contributed by atoms with Gasteiger partial charge in [-0.2, -0.15) is 9.78 Å². The minimum absolute atomic E-state index is 0.255. The summed E-state index contributed by atoms with van der Waals surface area (Å²) in [6.45, 7) is 4.02. The molecule has 4 nitrogen and oxygen atoms in total. The number of fused-ring (bicyclic) bond motifs is 1. The van der Waals surface area contributed by atoms with Gasteiger partial charge in [0.1, 0.15) is 0 Å². The van der Waals surface area contributed by atoms with Crippen molar-refractivity contribution in [3.8, 4) is 0 Å². The average Bonchev–Trinajstić information content (AvgIpc) is 2.87. The highest BCUT2D eigenvalue weighted by atomic mass is 16.2. The Kier molecular flexibility index (Phi) is 2.99. The minimum Gasteiger partial charge on any atom is -0.306 e. The quantitative estimate of drug-likeness (QED) is 0.728. The number of aryl methyl sites for hydroxylation is 2. The van der Waals surface area contributed by atoms with Gasteiger partial charge >= 0.3 is 6.03 Å². The predicted molar refractivity (Wildman–Crippen MR) is 80.1 cm³/mol. The number of hydrogen-bond acceptors (Lipinski definition) is 2.